The van der Waals surface area contributed by atoms with Crippen molar-refractivity contribution in [1.29, 1.82) is 0 Å². The van der Waals surface area contributed by atoms with Gasteiger partial charge in [0.1, 0.15) is 0 Å². The first kappa shape index (κ1) is 14.8. The molecule has 0 unspecified atom stereocenters. The van der Waals surface area contributed by atoms with Crippen LogP contribution in [0, 0.1) is 16.0 Å². The van der Waals surface area contributed by atoms with Crippen molar-refractivity contribution < 1.29 is 22.1 Å². The Labute approximate surface area is 114 Å². The van der Waals surface area contributed by atoms with Gasteiger partial charge in [-0.3, -0.25) is 10.1 Å². The van der Waals surface area contributed by atoms with E-state index in [2.05, 4.69) is 4.72 Å². The zero-order valence-electron chi connectivity index (χ0n) is 10.3. The fourth-order valence-electron chi connectivity index (χ4n) is 1.99. The molecule has 0 bridgehead atoms. The van der Waals surface area contributed by atoms with Crippen molar-refractivity contribution >= 4 is 15.7 Å². The summed E-state index contributed by atoms with van der Waals surface area (Å²) in [7, 11) is -3.83. The molecule has 1 aromatic rings. The summed E-state index contributed by atoms with van der Waals surface area (Å²) in [5, 5.41) is 10.5. The third kappa shape index (κ3) is 3.28. The predicted octanol–water partition coefficient (Wildman–Crippen LogP) is 1.92. The van der Waals surface area contributed by atoms with Gasteiger partial charge in [-0.1, -0.05) is 0 Å². The molecule has 6 nitrogen and oxygen atoms in total. The Morgan fingerprint density at radius 2 is 1.85 bits per heavy atom. The van der Waals surface area contributed by atoms with Gasteiger partial charge in [-0.25, -0.2) is 21.9 Å². The van der Waals surface area contributed by atoms with E-state index in [0.29, 0.717) is 0 Å². The minimum atomic E-state index is -3.83. The highest BCUT2D eigenvalue weighted by molar-refractivity contribution is 7.89. The molecule has 20 heavy (non-hydrogen) atoms. The summed E-state index contributed by atoms with van der Waals surface area (Å²) in [5.41, 5.74) is -0.220. The van der Waals surface area contributed by atoms with E-state index in [0.717, 1.165) is 24.3 Å². The molecule has 1 fully saturated rings. The highest BCUT2D eigenvalue weighted by Gasteiger charge is 2.45. The van der Waals surface area contributed by atoms with Crippen molar-refractivity contribution in [3.63, 3.8) is 0 Å². The second-order valence-corrected chi connectivity index (χ2v) is 6.50. The van der Waals surface area contributed by atoms with E-state index in [9.17, 15) is 27.3 Å². The van der Waals surface area contributed by atoms with E-state index < -0.39 is 20.9 Å². The average Bonchev–Trinajstić information content (AvgIpc) is 2.34. The van der Waals surface area contributed by atoms with E-state index in [1.807, 2.05) is 0 Å². The highest BCUT2D eigenvalue weighted by Crippen LogP contribution is 2.41. The highest BCUT2D eigenvalue weighted by atomic mass is 32.2. The Morgan fingerprint density at radius 3 is 2.30 bits per heavy atom. The van der Waals surface area contributed by atoms with Crippen LogP contribution in [-0.2, 0) is 10.0 Å². The maximum atomic E-state index is 12.6. The largest absolute Gasteiger partial charge is 0.269 e. The molecule has 0 aliphatic heterocycles. The minimum Gasteiger partial charge on any atom is -0.258 e. The van der Waals surface area contributed by atoms with Gasteiger partial charge in [-0.15, -0.1) is 0 Å². The van der Waals surface area contributed by atoms with Crippen LogP contribution in [0.25, 0.3) is 0 Å². The fraction of sp³-hybridized carbons (Fsp3) is 0.455. The van der Waals surface area contributed by atoms with Crippen molar-refractivity contribution in [2.75, 3.05) is 6.54 Å². The predicted molar refractivity (Wildman–Crippen MR) is 66.0 cm³/mol. The number of nitrogens with zero attached hydrogens (tertiary/aromatic N) is 1. The van der Waals surface area contributed by atoms with Crippen LogP contribution in [0.3, 0.4) is 0 Å². The van der Waals surface area contributed by atoms with Crippen molar-refractivity contribution in [3.05, 3.63) is 34.4 Å². The molecule has 0 amide bonds. The van der Waals surface area contributed by atoms with Gasteiger partial charge in [0.25, 0.3) is 5.69 Å². The van der Waals surface area contributed by atoms with Crippen LogP contribution < -0.4 is 4.72 Å². The molecule has 0 aromatic heterocycles. The molecule has 1 saturated carbocycles. The Bertz CT molecular complexity index is 608. The number of benzene rings is 1. The van der Waals surface area contributed by atoms with Crippen LogP contribution in [0.1, 0.15) is 12.8 Å². The quantitative estimate of drug-likeness (QED) is 0.665. The van der Waals surface area contributed by atoms with Gasteiger partial charge in [0.05, 0.1) is 9.82 Å². The lowest BCUT2D eigenvalue weighted by molar-refractivity contribution is -0.384. The third-order valence-corrected chi connectivity index (χ3v) is 4.53. The number of nitro benzene ring substituents is 1. The molecule has 1 N–H and O–H groups in total. The second-order valence-electron chi connectivity index (χ2n) is 4.73. The number of alkyl halides is 2. The summed E-state index contributed by atoms with van der Waals surface area (Å²) >= 11 is 0. The monoisotopic (exact) mass is 306 g/mol. The zero-order chi connectivity index (χ0) is 15.0. The van der Waals surface area contributed by atoms with E-state index in [4.69, 9.17) is 0 Å². The first-order valence-electron chi connectivity index (χ1n) is 5.82. The van der Waals surface area contributed by atoms with Gasteiger partial charge in [0, 0.05) is 31.5 Å². The molecule has 0 radical (unpaired) electrons. The molecule has 0 atom stereocenters. The van der Waals surface area contributed by atoms with Crippen molar-refractivity contribution in [2.45, 2.75) is 23.7 Å². The number of halogens is 2. The number of non-ortho nitro benzene ring substituents is 1. The van der Waals surface area contributed by atoms with E-state index in [1.54, 1.807) is 0 Å². The molecule has 0 heterocycles. The number of hydrogen-bond acceptors (Lipinski definition) is 4. The van der Waals surface area contributed by atoms with Crippen molar-refractivity contribution in [3.8, 4) is 0 Å². The Kier molecular flexibility index (Phi) is 3.74. The summed E-state index contributed by atoms with van der Waals surface area (Å²) in [6.07, 6.45) is -0.647. The maximum absolute atomic E-state index is 12.6. The standard InChI is InChI=1S/C11H12F2N2O4S/c12-11(13)5-8(6-11)7-14-20(18,19)10-3-1-9(2-4-10)15(16)17/h1-4,8,14H,5-7H2. The summed E-state index contributed by atoms with van der Waals surface area (Å²) < 4.78 is 51.2. The van der Waals surface area contributed by atoms with Gasteiger partial charge >= 0.3 is 0 Å². The van der Waals surface area contributed by atoms with Crippen LogP contribution in [0.4, 0.5) is 14.5 Å². The Balaban J connectivity index is 1.98. The lowest BCUT2D eigenvalue weighted by Crippen LogP contribution is -2.42. The average molecular weight is 306 g/mol. The lowest BCUT2D eigenvalue weighted by atomic mass is 9.82. The molecule has 1 aliphatic carbocycles. The summed E-state index contributed by atoms with van der Waals surface area (Å²) in [5.74, 6) is -3.07. The Hall–Kier alpha value is -1.61. The van der Waals surface area contributed by atoms with Gasteiger partial charge < -0.3 is 0 Å². The second kappa shape index (κ2) is 5.06. The number of nitrogens with one attached hydrogen (secondary N) is 1. The summed E-state index contributed by atoms with van der Waals surface area (Å²) in [6.45, 7) is -0.0606. The molecular weight excluding hydrogens is 294 g/mol. The molecule has 0 spiro atoms. The number of rotatable bonds is 5. The van der Waals surface area contributed by atoms with Crippen LogP contribution in [-0.4, -0.2) is 25.8 Å². The van der Waals surface area contributed by atoms with E-state index in [-0.39, 0.29) is 35.9 Å². The molecule has 9 heteroatoms. The van der Waals surface area contributed by atoms with Crippen LogP contribution in [0.5, 0.6) is 0 Å². The normalized spacial score (nSPS) is 18.5. The maximum Gasteiger partial charge on any atom is 0.269 e. The van der Waals surface area contributed by atoms with Crippen molar-refractivity contribution in [2.24, 2.45) is 5.92 Å². The Morgan fingerprint density at radius 1 is 1.30 bits per heavy atom. The molecular formula is C11H12F2N2O4S. The molecule has 2 rings (SSSR count). The molecule has 0 saturated heterocycles. The van der Waals surface area contributed by atoms with Crippen LogP contribution in [0.2, 0.25) is 0 Å². The zero-order valence-corrected chi connectivity index (χ0v) is 11.1. The first-order chi connectivity index (χ1) is 9.20. The topological polar surface area (TPSA) is 89.3 Å². The minimum absolute atomic E-state index is 0.0606. The number of sulfonamides is 1. The molecule has 110 valence electrons. The van der Waals surface area contributed by atoms with Crippen molar-refractivity contribution in [1.82, 2.24) is 4.72 Å². The molecule has 1 aliphatic rings. The first-order valence-corrected chi connectivity index (χ1v) is 7.30. The van der Waals surface area contributed by atoms with E-state index in [1.165, 1.54) is 0 Å². The smallest absolute Gasteiger partial charge is 0.258 e. The number of hydrogen-bond donors (Lipinski definition) is 1. The van der Waals surface area contributed by atoms with Crippen LogP contribution in [0.15, 0.2) is 29.2 Å². The lowest BCUT2D eigenvalue weighted by Gasteiger charge is -2.34. The SMILES string of the molecule is O=[N+]([O-])c1ccc(S(=O)(=O)NCC2CC(F)(F)C2)cc1. The third-order valence-electron chi connectivity index (χ3n) is 3.09. The van der Waals surface area contributed by atoms with Gasteiger partial charge in [-0.05, 0) is 18.1 Å². The van der Waals surface area contributed by atoms with E-state index >= 15 is 0 Å². The van der Waals surface area contributed by atoms with Gasteiger partial charge in [0.15, 0.2) is 0 Å². The fourth-order valence-corrected chi connectivity index (χ4v) is 3.10. The molecule has 1 aromatic carbocycles. The van der Waals surface area contributed by atoms with Gasteiger partial charge in [-0.2, -0.15) is 0 Å². The van der Waals surface area contributed by atoms with Gasteiger partial charge in [0.2, 0.25) is 15.9 Å². The summed E-state index contributed by atoms with van der Waals surface area (Å²) in [4.78, 5) is 9.68. The van der Waals surface area contributed by atoms with Crippen LogP contribution >= 0.6 is 0 Å². The number of nitro groups is 1. The summed E-state index contributed by atoms with van der Waals surface area (Å²) in [6, 6.07) is 4.36.